The van der Waals surface area contributed by atoms with Crippen molar-refractivity contribution in [2.24, 2.45) is 11.8 Å². The van der Waals surface area contributed by atoms with Crippen LogP contribution in [-0.4, -0.2) is 53.2 Å². The first-order chi connectivity index (χ1) is 17.4. The van der Waals surface area contributed by atoms with E-state index in [4.69, 9.17) is 9.72 Å². The smallest absolute Gasteiger partial charge is 0.226 e. The standard InChI is InChI=1S/C30H40N4O2/c1-6-29-32-25-13-20(4)7-10-26(25)34(29)27-11-12-33(18-28(27)36-5)17-21-14-22-8-9-24(16-23(22)15-21)31-30(35)19(2)3/h7-10,13,16,19,21,27-28H,6,11-12,14-15,17-18H2,1-5H3,(H,31,35)/t21-,27?,28?/m1/s1. The lowest BCUT2D eigenvalue weighted by Crippen LogP contribution is -2.47. The van der Waals surface area contributed by atoms with Gasteiger partial charge in [-0.2, -0.15) is 0 Å². The molecule has 2 aromatic carbocycles. The van der Waals surface area contributed by atoms with Crippen LogP contribution in [0.3, 0.4) is 0 Å². The van der Waals surface area contributed by atoms with E-state index in [9.17, 15) is 4.79 Å². The number of anilines is 1. The lowest BCUT2D eigenvalue weighted by molar-refractivity contribution is -0.118. The average molecular weight is 489 g/mol. The van der Waals surface area contributed by atoms with Gasteiger partial charge in [0.2, 0.25) is 5.91 Å². The van der Waals surface area contributed by atoms with Crippen molar-refractivity contribution >= 4 is 22.6 Å². The maximum atomic E-state index is 12.1. The monoisotopic (exact) mass is 488 g/mol. The Kier molecular flexibility index (Phi) is 7.18. The molecule has 0 spiro atoms. The summed E-state index contributed by atoms with van der Waals surface area (Å²) in [7, 11) is 1.86. The van der Waals surface area contributed by atoms with Gasteiger partial charge in [0.25, 0.3) is 0 Å². The molecule has 6 nitrogen and oxygen atoms in total. The van der Waals surface area contributed by atoms with Crippen molar-refractivity contribution in [2.45, 2.75) is 65.5 Å². The fourth-order valence-corrected chi connectivity index (χ4v) is 6.11. The maximum Gasteiger partial charge on any atom is 0.226 e. The molecule has 1 aliphatic carbocycles. The summed E-state index contributed by atoms with van der Waals surface area (Å²) in [5.41, 5.74) is 7.30. The third-order valence-corrected chi connectivity index (χ3v) is 8.01. The molecule has 1 amide bonds. The number of carbonyl (C=O) groups is 1. The van der Waals surface area contributed by atoms with E-state index in [0.29, 0.717) is 12.0 Å². The highest BCUT2D eigenvalue weighted by molar-refractivity contribution is 5.92. The van der Waals surface area contributed by atoms with Crippen molar-refractivity contribution in [3.8, 4) is 0 Å². The zero-order valence-corrected chi connectivity index (χ0v) is 22.4. The molecule has 2 aliphatic rings. The number of methoxy groups -OCH3 is 1. The minimum absolute atomic E-state index is 0.0134. The topological polar surface area (TPSA) is 59.4 Å². The van der Waals surface area contributed by atoms with E-state index in [0.717, 1.165) is 62.3 Å². The van der Waals surface area contributed by atoms with Crippen molar-refractivity contribution in [3.05, 3.63) is 58.9 Å². The molecule has 1 fully saturated rings. The van der Waals surface area contributed by atoms with E-state index < -0.39 is 0 Å². The Hall–Kier alpha value is -2.70. The fourth-order valence-electron chi connectivity index (χ4n) is 6.11. The van der Waals surface area contributed by atoms with Crippen LogP contribution < -0.4 is 5.32 Å². The van der Waals surface area contributed by atoms with Crippen LogP contribution in [0, 0.1) is 18.8 Å². The van der Waals surface area contributed by atoms with Gasteiger partial charge in [0.1, 0.15) is 5.82 Å². The van der Waals surface area contributed by atoms with Crippen molar-refractivity contribution in [2.75, 3.05) is 32.1 Å². The number of carbonyl (C=O) groups excluding carboxylic acids is 1. The van der Waals surface area contributed by atoms with Crippen LogP contribution in [-0.2, 0) is 28.8 Å². The van der Waals surface area contributed by atoms with Crippen molar-refractivity contribution in [3.63, 3.8) is 0 Å². The summed E-state index contributed by atoms with van der Waals surface area (Å²) in [4.78, 5) is 19.7. The lowest BCUT2D eigenvalue weighted by Gasteiger charge is -2.40. The number of amides is 1. The van der Waals surface area contributed by atoms with Gasteiger partial charge in [0.05, 0.1) is 23.2 Å². The fraction of sp³-hybridized carbons (Fsp3) is 0.533. The quantitative estimate of drug-likeness (QED) is 0.498. The molecule has 2 unspecified atom stereocenters. The Morgan fingerprint density at radius 3 is 2.72 bits per heavy atom. The number of likely N-dealkylation sites (tertiary alicyclic amines) is 1. The Balaban J connectivity index is 1.25. The van der Waals surface area contributed by atoms with Crippen LogP contribution in [0.4, 0.5) is 5.69 Å². The van der Waals surface area contributed by atoms with E-state index >= 15 is 0 Å². The summed E-state index contributed by atoms with van der Waals surface area (Å²) < 4.78 is 8.55. The van der Waals surface area contributed by atoms with Gasteiger partial charge in [-0.25, -0.2) is 4.98 Å². The van der Waals surface area contributed by atoms with Gasteiger partial charge in [-0.15, -0.1) is 0 Å². The molecule has 1 saturated heterocycles. The predicted octanol–water partition coefficient (Wildman–Crippen LogP) is 5.18. The molecule has 3 atom stereocenters. The van der Waals surface area contributed by atoms with Gasteiger partial charge in [-0.05, 0) is 73.1 Å². The third-order valence-electron chi connectivity index (χ3n) is 8.01. The molecule has 5 rings (SSSR count). The number of rotatable bonds is 7. The van der Waals surface area contributed by atoms with Gasteiger partial charge in [-0.1, -0.05) is 32.9 Å². The van der Waals surface area contributed by atoms with Gasteiger partial charge in [-0.3, -0.25) is 4.79 Å². The molecule has 1 N–H and O–H groups in total. The third kappa shape index (κ3) is 4.94. The molecule has 0 saturated carbocycles. The summed E-state index contributed by atoms with van der Waals surface area (Å²) >= 11 is 0. The SMILES string of the molecule is CCc1nc2cc(C)ccc2n1C1CCN(C[C@@H]2Cc3ccc(NC(=O)C(C)C)cc3C2)CC1OC. The zero-order valence-electron chi connectivity index (χ0n) is 22.4. The number of fused-ring (bicyclic) bond motifs is 2. The van der Waals surface area contributed by atoms with Crippen molar-refractivity contribution < 1.29 is 9.53 Å². The van der Waals surface area contributed by atoms with Crippen LogP contribution in [0.1, 0.15) is 55.7 Å². The van der Waals surface area contributed by atoms with E-state index in [-0.39, 0.29) is 17.9 Å². The second-order valence-electron chi connectivity index (χ2n) is 11.0. The average Bonchev–Trinajstić information content (AvgIpc) is 3.43. The summed E-state index contributed by atoms with van der Waals surface area (Å²) in [6.07, 6.45) is 4.31. The molecule has 0 bridgehead atoms. The zero-order chi connectivity index (χ0) is 25.4. The number of aromatic nitrogens is 2. The number of nitrogens with zero attached hydrogens (tertiary/aromatic N) is 3. The molecule has 1 aliphatic heterocycles. The number of imidazole rings is 1. The van der Waals surface area contributed by atoms with Gasteiger partial charge >= 0.3 is 0 Å². The van der Waals surface area contributed by atoms with Crippen LogP contribution >= 0.6 is 0 Å². The van der Waals surface area contributed by atoms with E-state index in [1.54, 1.807) is 0 Å². The first kappa shape index (κ1) is 25.0. The van der Waals surface area contributed by atoms with Crippen LogP contribution in [0.5, 0.6) is 0 Å². The van der Waals surface area contributed by atoms with Gasteiger partial charge in [0.15, 0.2) is 0 Å². The number of aryl methyl sites for hydroxylation is 2. The van der Waals surface area contributed by atoms with E-state index in [1.165, 1.54) is 22.2 Å². The number of piperidine rings is 1. The molecule has 6 heteroatoms. The van der Waals surface area contributed by atoms with Crippen LogP contribution in [0.25, 0.3) is 11.0 Å². The predicted molar refractivity (Wildman–Crippen MR) is 146 cm³/mol. The molecule has 2 heterocycles. The summed E-state index contributed by atoms with van der Waals surface area (Å²) in [6, 6.07) is 13.3. The Bertz CT molecular complexity index is 1250. The number of nitrogens with one attached hydrogen (secondary N) is 1. The maximum absolute atomic E-state index is 12.1. The highest BCUT2D eigenvalue weighted by Gasteiger charge is 2.34. The first-order valence-corrected chi connectivity index (χ1v) is 13.5. The van der Waals surface area contributed by atoms with Crippen LogP contribution in [0.2, 0.25) is 0 Å². The molecule has 192 valence electrons. The largest absolute Gasteiger partial charge is 0.378 e. The van der Waals surface area contributed by atoms with Crippen molar-refractivity contribution in [1.82, 2.24) is 14.5 Å². The summed E-state index contributed by atoms with van der Waals surface area (Å²) in [5.74, 6) is 1.82. The highest BCUT2D eigenvalue weighted by atomic mass is 16.5. The van der Waals surface area contributed by atoms with E-state index in [1.807, 2.05) is 21.0 Å². The summed E-state index contributed by atoms with van der Waals surface area (Å²) in [5, 5.41) is 3.05. The number of hydrogen-bond acceptors (Lipinski definition) is 4. The first-order valence-electron chi connectivity index (χ1n) is 13.5. The second kappa shape index (κ2) is 10.3. The molecule has 0 radical (unpaired) electrons. The van der Waals surface area contributed by atoms with Gasteiger partial charge in [0, 0.05) is 44.8 Å². The Labute approximate surface area is 215 Å². The number of benzene rings is 2. The van der Waals surface area contributed by atoms with Crippen LogP contribution in [0.15, 0.2) is 36.4 Å². The highest BCUT2D eigenvalue weighted by Crippen LogP contribution is 2.34. The molecule has 1 aromatic heterocycles. The molecule has 3 aromatic rings. The van der Waals surface area contributed by atoms with E-state index in [2.05, 4.69) is 65.0 Å². The Morgan fingerprint density at radius 2 is 1.97 bits per heavy atom. The molecular formula is C30H40N4O2. The number of hydrogen-bond donors (Lipinski definition) is 1. The number of ether oxygens (including phenoxy) is 1. The summed E-state index contributed by atoms with van der Waals surface area (Å²) in [6.45, 7) is 11.3. The second-order valence-corrected chi connectivity index (χ2v) is 11.0. The molecular weight excluding hydrogens is 448 g/mol. The minimum atomic E-state index is -0.0134. The normalized spacial score (nSPS) is 22.3. The lowest BCUT2D eigenvalue weighted by atomic mass is 9.98. The minimum Gasteiger partial charge on any atom is -0.378 e. The Morgan fingerprint density at radius 1 is 1.17 bits per heavy atom. The van der Waals surface area contributed by atoms with Gasteiger partial charge < -0.3 is 19.5 Å². The molecule has 36 heavy (non-hydrogen) atoms. The van der Waals surface area contributed by atoms with Crippen molar-refractivity contribution in [1.29, 1.82) is 0 Å².